The number of methoxy groups -OCH3 is 1. The van der Waals surface area contributed by atoms with Gasteiger partial charge in [-0.3, -0.25) is 10.1 Å². The predicted molar refractivity (Wildman–Crippen MR) is 74.7 cm³/mol. The van der Waals surface area contributed by atoms with Crippen LogP contribution in [0.1, 0.15) is 33.1 Å². The highest BCUT2D eigenvalue weighted by Crippen LogP contribution is 2.42. The van der Waals surface area contributed by atoms with Gasteiger partial charge in [-0.2, -0.15) is 0 Å². The maximum Gasteiger partial charge on any atom is 0.333 e. The summed E-state index contributed by atoms with van der Waals surface area (Å²) in [6, 6.07) is 5.40. The van der Waals surface area contributed by atoms with Crippen molar-refractivity contribution < 1.29 is 9.66 Å². The van der Waals surface area contributed by atoms with Gasteiger partial charge in [0.15, 0.2) is 5.75 Å². The van der Waals surface area contributed by atoms with Crippen LogP contribution in [0, 0.1) is 15.5 Å². The molecular formula is C14H20N2O3. The highest BCUT2D eigenvalue weighted by Gasteiger charge is 2.35. The van der Waals surface area contributed by atoms with E-state index in [1.165, 1.54) is 7.11 Å². The molecule has 0 aromatic heterocycles. The Kier molecular flexibility index (Phi) is 3.64. The van der Waals surface area contributed by atoms with Gasteiger partial charge in [-0.05, 0) is 30.4 Å². The molecule has 0 saturated heterocycles. The fourth-order valence-electron chi connectivity index (χ4n) is 2.77. The molecule has 1 N–H and O–H groups in total. The molecule has 0 spiro atoms. The van der Waals surface area contributed by atoms with Gasteiger partial charge >= 0.3 is 5.69 Å². The third kappa shape index (κ3) is 2.64. The molecule has 0 amide bonds. The Morgan fingerprint density at radius 3 is 2.74 bits per heavy atom. The first-order valence-corrected chi connectivity index (χ1v) is 6.53. The molecule has 1 saturated carbocycles. The second-order valence-corrected chi connectivity index (χ2v) is 5.69. The monoisotopic (exact) mass is 264 g/mol. The first-order chi connectivity index (χ1) is 8.95. The van der Waals surface area contributed by atoms with E-state index in [1.807, 2.05) is 0 Å². The van der Waals surface area contributed by atoms with E-state index >= 15 is 0 Å². The molecule has 0 heterocycles. The summed E-state index contributed by atoms with van der Waals surface area (Å²) in [7, 11) is 1.45. The van der Waals surface area contributed by atoms with Gasteiger partial charge < -0.3 is 10.1 Å². The summed E-state index contributed by atoms with van der Waals surface area (Å²) in [4.78, 5) is 10.8. The minimum Gasteiger partial charge on any atom is -0.490 e. The van der Waals surface area contributed by atoms with E-state index in [4.69, 9.17) is 4.74 Å². The zero-order valence-corrected chi connectivity index (χ0v) is 11.6. The normalized spacial score (nSPS) is 21.1. The quantitative estimate of drug-likeness (QED) is 0.666. The molecule has 5 heteroatoms. The van der Waals surface area contributed by atoms with Crippen molar-refractivity contribution in [2.24, 2.45) is 5.41 Å². The highest BCUT2D eigenvalue weighted by molar-refractivity contribution is 5.68. The Hall–Kier alpha value is -1.78. The second kappa shape index (κ2) is 5.07. The summed E-state index contributed by atoms with van der Waals surface area (Å²) < 4.78 is 5.08. The minimum atomic E-state index is -0.386. The van der Waals surface area contributed by atoms with Crippen LogP contribution in [0.4, 0.5) is 11.4 Å². The van der Waals surface area contributed by atoms with E-state index in [1.54, 1.807) is 18.2 Å². The number of para-hydroxylation sites is 1. The maximum absolute atomic E-state index is 11.2. The fourth-order valence-corrected chi connectivity index (χ4v) is 2.77. The lowest BCUT2D eigenvalue weighted by molar-refractivity contribution is -0.384. The van der Waals surface area contributed by atoms with Crippen molar-refractivity contribution in [3.05, 3.63) is 28.3 Å². The Morgan fingerprint density at radius 2 is 2.21 bits per heavy atom. The zero-order valence-electron chi connectivity index (χ0n) is 11.6. The van der Waals surface area contributed by atoms with E-state index in [0.717, 1.165) is 19.3 Å². The number of rotatable bonds is 4. The van der Waals surface area contributed by atoms with Gasteiger partial charge in [-0.1, -0.05) is 26.3 Å². The Morgan fingerprint density at radius 1 is 1.47 bits per heavy atom. The number of benzene rings is 1. The van der Waals surface area contributed by atoms with Gasteiger partial charge in [0.1, 0.15) is 5.69 Å². The molecule has 5 nitrogen and oxygen atoms in total. The minimum absolute atomic E-state index is 0.0210. The van der Waals surface area contributed by atoms with Crippen molar-refractivity contribution in [2.45, 2.75) is 39.2 Å². The predicted octanol–water partition coefficient (Wildman–Crippen LogP) is 3.59. The molecule has 1 atom stereocenters. The summed E-state index contributed by atoms with van der Waals surface area (Å²) >= 11 is 0. The van der Waals surface area contributed by atoms with Crippen LogP contribution in [0.15, 0.2) is 18.2 Å². The van der Waals surface area contributed by atoms with Gasteiger partial charge in [0.25, 0.3) is 0 Å². The number of hydrogen-bond acceptors (Lipinski definition) is 4. The lowest BCUT2D eigenvalue weighted by atomic mass is 9.87. The third-order valence-corrected chi connectivity index (χ3v) is 3.99. The number of nitrogens with one attached hydrogen (secondary N) is 1. The fraction of sp³-hybridized carbons (Fsp3) is 0.571. The molecule has 19 heavy (non-hydrogen) atoms. The summed E-state index contributed by atoms with van der Waals surface area (Å²) in [6.07, 6.45) is 3.34. The molecule has 1 aromatic rings. The van der Waals surface area contributed by atoms with Gasteiger partial charge in [0.05, 0.1) is 12.0 Å². The lowest BCUT2D eigenvalue weighted by Crippen LogP contribution is -2.31. The zero-order chi connectivity index (χ0) is 14.0. The summed E-state index contributed by atoms with van der Waals surface area (Å²) in [5.41, 5.74) is 0.730. The SMILES string of the molecule is COc1cccc(NC2CCCC2(C)C)c1[N+](=O)[O-]. The third-order valence-electron chi connectivity index (χ3n) is 3.99. The molecule has 1 aromatic carbocycles. The molecule has 1 fully saturated rings. The maximum atomic E-state index is 11.2. The first kappa shape index (κ1) is 13.6. The van der Waals surface area contributed by atoms with Crippen LogP contribution in [0.5, 0.6) is 5.75 Å². The van der Waals surface area contributed by atoms with Crippen LogP contribution in [0.3, 0.4) is 0 Å². The van der Waals surface area contributed by atoms with Crippen LogP contribution in [-0.2, 0) is 0 Å². The number of nitro groups is 1. The van der Waals surface area contributed by atoms with Crippen molar-refractivity contribution in [1.82, 2.24) is 0 Å². The van der Waals surface area contributed by atoms with Crippen LogP contribution in [0.2, 0.25) is 0 Å². The van der Waals surface area contributed by atoms with Gasteiger partial charge in [-0.25, -0.2) is 0 Å². The smallest absolute Gasteiger partial charge is 0.333 e. The van der Waals surface area contributed by atoms with Gasteiger partial charge in [0.2, 0.25) is 0 Å². The molecular weight excluding hydrogens is 244 g/mol. The van der Waals surface area contributed by atoms with Crippen LogP contribution in [0.25, 0.3) is 0 Å². The summed E-state index contributed by atoms with van der Waals surface area (Å²) in [5, 5.41) is 14.6. The van der Waals surface area contributed by atoms with Crippen LogP contribution < -0.4 is 10.1 Å². The van der Waals surface area contributed by atoms with Crippen LogP contribution in [-0.4, -0.2) is 18.1 Å². The molecule has 0 aliphatic heterocycles. The van der Waals surface area contributed by atoms with E-state index in [0.29, 0.717) is 11.4 Å². The second-order valence-electron chi connectivity index (χ2n) is 5.69. The largest absolute Gasteiger partial charge is 0.490 e. The number of hydrogen-bond donors (Lipinski definition) is 1. The molecule has 1 aliphatic carbocycles. The van der Waals surface area contributed by atoms with E-state index in [2.05, 4.69) is 19.2 Å². The Bertz CT molecular complexity index is 486. The highest BCUT2D eigenvalue weighted by atomic mass is 16.6. The first-order valence-electron chi connectivity index (χ1n) is 6.53. The van der Waals surface area contributed by atoms with Crippen molar-refractivity contribution in [1.29, 1.82) is 0 Å². The van der Waals surface area contributed by atoms with Crippen molar-refractivity contribution >= 4 is 11.4 Å². The molecule has 2 rings (SSSR count). The molecule has 0 radical (unpaired) electrons. The van der Waals surface area contributed by atoms with Crippen molar-refractivity contribution in [3.8, 4) is 5.75 Å². The van der Waals surface area contributed by atoms with E-state index in [9.17, 15) is 10.1 Å². The average molecular weight is 264 g/mol. The summed E-state index contributed by atoms with van der Waals surface area (Å²) in [6.45, 7) is 4.40. The van der Waals surface area contributed by atoms with Crippen molar-refractivity contribution in [3.63, 3.8) is 0 Å². The molecule has 1 aliphatic rings. The number of nitrogens with zero attached hydrogens (tertiary/aromatic N) is 1. The average Bonchev–Trinajstić information content (AvgIpc) is 2.68. The molecule has 104 valence electrons. The number of nitro benzene ring substituents is 1. The summed E-state index contributed by atoms with van der Waals surface area (Å²) in [5.74, 6) is 0.297. The Balaban J connectivity index is 2.32. The standard InChI is InChI=1S/C14H20N2O3/c1-14(2)9-5-8-12(14)15-10-6-4-7-11(19-3)13(10)16(17)18/h4,6-7,12,15H,5,8-9H2,1-3H3. The lowest BCUT2D eigenvalue weighted by Gasteiger charge is -2.28. The van der Waals surface area contributed by atoms with Gasteiger partial charge in [0, 0.05) is 6.04 Å². The Labute approximate surface area is 113 Å². The van der Waals surface area contributed by atoms with Crippen LogP contribution >= 0.6 is 0 Å². The van der Waals surface area contributed by atoms with Gasteiger partial charge in [-0.15, -0.1) is 0 Å². The van der Waals surface area contributed by atoms with E-state index in [-0.39, 0.29) is 22.1 Å². The molecule has 0 bridgehead atoms. The van der Waals surface area contributed by atoms with E-state index < -0.39 is 0 Å². The van der Waals surface area contributed by atoms with Crippen molar-refractivity contribution in [2.75, 3.05) is 12.4 Å². The number of anilines is 1. The number of ether oxygens (including phenoxy) is 1. The topological polar surface area (TPSA) is 64.4 Å². The molecule has 1 unspecified atom stereocenters.